The molecule has 0 spiro atoms. The zero-order chi connectivity index (χ0) is 22.4. The average Bonchev–Trinajstić information content (AvgIpc) is 3.28. The molecule has 2 amide bonds. The molecule has 1 unspecified atom stereocenters. The first kappa shape index (κ1) is 22.9. The van der Waals surface area contributed by atoms with E-state index in [0.717, 1.165) is 19.3 Å². The van der Waals surface area contributed by atoms with Crippen LogP contribution < -0.4 is 10.6 Å². The number of nitrogens with zero attached hydrogens (tertiary/aromatic N) is 2. The molecule has 8 heteroatoms. The number of carbonyl (C=O) groups is 3. The summed E-state index contributed by atoms with van der Waals surface area (Å²) < 4.78 is 0. The minimum absolute atomic E-state index is 0.0220. The number of pyridine rings is 1. The maximum absolute atomic E-state index is 12.9. The molecular weight excluding hydrogens is 394 g/mol. The number of carbonyl (C=O) groups excluding carboxylic acids is 3. The summed E-state index contributed by atoms with van der Waals surface area (Å²) in [5, 5.41) is 14.1. The smallest absolute Gasteiger partial charge is 0.243 e. The van der Waals surface area contributed by atoms with E-state index < -0.39 is 6.04 Å². The minimum Gasteiger partial charge on any atom is -0.374 e. The van der Waals surface area contributed by atoms with Crippen LogP contribution in [0.4, 0.5) is 5.69 Å². The van der Waals surface area contributed by atoms with Crippen molar-refractivity contribution in [3.05, 3.63) is 24.0 Å². The van der Waals surface area contributed by atoms with Crippen LogP contribution in [0.5, 0.6) is 0 Å². The molecule has 3 rings (SSSR count). The molecule has 2 aliphatic rings. The number of ketones is 1. The number of amides is 2. The van der Waals surface area contributed by atoms with Crippen LogP contribution in [0.15, 0.2) is 18.5 Å². The van der Waals surface area contributed by atoms with E-state index in [1.54, 1.807) is 11.0 Å². The third kappa shape index (κ3) is 5.68. The highest BCUT2D eigenvalue weighted by Gasteiger charge is 2.35. The summed E-state index contributed by atoms with van der Waals surface area (Å²) in [4.78, 5) is 43.0. The van der Waals surface area contributed by atoms with Crippen molar-refractivity contribution in [2.24, 2.45) is 5.92 Å². The molecular formula is C23H33N5O3. The van der Waals surface area contributed by atoms with Gasteiger partial charge in [0.15, 0.2) is 5.78 Å². The Kier molecular flexibility index (Phi) is 7.76. The quantitative estimate of drug-likeness (QED) is 0.552. The lowest BCUT2D eigenvalue weighted by Gasteiger charge is -2.31. The Bertz CT molecular complexity index is 834. The Hall–Kier alpha value is -2.77. The van der Waals surface area contributed by atoms with E-state index in [-0.39, 0.29) is 35.9 Å². The summed E-state index contributed by atoms with van der Waals surface area (Å²) >= 11 is 0. The standard InChI is InChI=1S/C23H33N5O3/c1-15(17-7-4-3-5-8-17)27-23(31)20-9-6-12-28(20)21(30)14-26-19-13-25-11-10-18(19)22(24)16(2)29/h10-11,13,15,17,20,24,26H,3-9,12,14H2,1-2H3,(H,27,31)/t15-,20?/m0/s1. The van der Waals surface area contributed by atoms with E-state index >= 15 is 0 Å². The lowest BCUT2D eigenvalue weighted by atomic mass is 9.84. The van der Waals surface area contributed by atoms with Crippen molar-refractivity contribution in [2.45, 2.75) is 70.9 Å². The molecule has 3 N–H and O–H groups in total. The molecule has 1 aromatic heterocycles. The molecule has 0 aromatic carbocycles. The minimum atomic E-state index is -0.441. The maximum atomic E-state index is 12.9. The van der Waals surface area contributed by atoms with Crippen molar-refractivity contribution < 1.29 is 14.4 Å². The number of hydrogen-bond donors (Lipinski definition) is 3. The SMILES string of the molecule is CC(=O)C(=N)c1ccncc1NCC(=O)N1CCCC1C(=O)N[C@@H](C)C1CCCCC1. The maximum Gasteiger partial charge on any atom is 0.243 e. The average molecular weight is 428 g/mol. The fourth-order valence-electron chi connectivity index (χ4n) is 4.63. The third-order valence-electron chi connectivity index (χ3n) is 6.48. The summed E-state index contributed by atoms with van der Waals surface area (Å²) in [6.07, 6.45) is 10.5. The molecule has 2 atom stereocenters. The fraction of sp³-hybridized carbons (Fsp3) is 0.609. The zero-order valence-corrected chi connectivity index (χ0v) is 18.4. The lowest BCUT2D eigenvalue weighted by molar-refractivity contribution is -0.137. The first-order valence-electron chi connectivity index (χ1n) is 11.3. The van der Waals surface area contributed by atoms with E-state index in [4.69, 9.17) is 5.41 Å². The van der Waals surface area contributed by atoms with Crippen molar-refractivity contribution >= 4 is 29.0 Å². The van der Waals surface area contributed by atoms with Gasteiger partial charge in [0, 0.05) is 31.3 Å². The molecule has 1 aromatic rings. The van der Waals surface area contributed by atoms with Gasteiger partial charge in [-0.25, -0.2) is 0 Å². The highest BCUT2D eigenvalue weighted by Crippen LogP contribution is 2.27. The van der Waals surface area contributed by atoms with Crippen LogP contribution in [0, 0.1) is 11.3 Å². The van der Waals surface area contributed by atoms with Gasteiger partial charge in [0.25, 0.3) is 0 Å². The number of aromatic nitrogens is 1. The molecule has 168 valence electrons. The second-order valence-corrected chi connectivity index (χ2v) is 8.65. The predicted molar refractivity (Wildman–Crippen MR) is 119 cm³/mol. The van der Waals surface area contributed by atoms with Gasteiger partial charge in [-0.3, -0.25) is 24.8 Å². The van der Waals surface area contributed by atoms with E-state index in [1.807, 2.05) is 0 Å². The van der Waals surface area contributed by atoms with Gasteiger partial charge in [0.2, 0.25) is 11.8 Å². The number of Topliss-reactive ketones (excluding diaryl/α,β-unsaturated/α-hetero) is 1. The first-order valence-corrected chi connectivity index (χ1v) is 11.3. The topological polar surface area (TPSA) is 115 Å². The Morgan fingerprint density at radius 1 is 1.19 bits per heavy atom. The Morgan fingerprint density at radius 3 is 2.65 bits per heavy atom. The van der Waals surface area contributed by atoms with Crippen LogP contribution in [0.3, 0.4) is 0 Å². The lowest BCUT2D eigenvalue weighted by Crippen LogP contribution is -2.51. The second-order valence-electron chi connectivity index (χ2n) is 8.65. The van der Waals surface area contributed by atoms with Crippen molar-refractivity contribution in [1.29, 1.82) is 5.41 Å². The Balaban J connectivity index is 1.58. The van der Waals surface area contributed by atoms with Crippen LogP contribution in [0.2, 0.25) is 0 Å². The van der Waals surface area contributed by atoms with E-state index in [0.29, 0.717) is 30.1 Å². The molecule has 2 fully saturated rings. The molecule has 31 heavy (non-hydrogen) atoms. The molecule has 1 aliphatic heterocycles. The van der Waals surface area contributed by atoms with E-state index in [9.17, 15) is 14.4 Å². The van der Waals surface area contributed by atoms with Gasteiger partial charge in [-0.15, -0.1) is 0 Å². The number of hydrogen-bond acceptors (Lipinski definition) is 6. The summed E-state index contributed by atoms with van der Waals surface area (Å²) in [6.45, 7) is 3.94. The van der Waals surface area contributed by atoms with Gasteiger partial charge in [-0.1, -0.05) is 19.3 Å². The summed E-state index contributed by atoms with van der Waals surface area (Å²) in [5.74, 6) is -0.0778. The number of rotatable bonds is 8. The zero-order valence-electron chi connectivity index (χ0n) is 18.4. The van der Waals surface area contributed by atoms with Crippen LogP contribution in [0.25, 0.3) is 0 Å². The van der Waals surface area contributed by atoms with Crippen LogP contribution in [-0.2, 0) is 14.4 Å². The van der Waals surface area contributed by atoms with Gasteiger partial charge in [-0.2, -0.15) is 0 Å². The normalized spacial score (nSPS) is 20.2. The molecule has 8 nitrogen and oxygen atoms in total. The van der Waals surface area contributed by atoms with Crippen LogP contribution in [0.1, 0.15) is 64.4 Å². The van der Waals surface area contributed by atoms with Gasteiger partial charge in [0.1, 0.15) is 11.8 Å². The highest BCUT2D eigenvalue weighted by atomic mass is 16.2. The number of nitrogens with one attached hydrogen (secondary N) is 3. The highest BCUT2D eigenvalue weighted by molar-refractivity contribution is 6.45. The second kappa shape index (κ2) is 10.5. The summed E-state index contributed by atoms with van der Waals surface area (Å²) in [7, 11) is 0. The molecule has 0 bridgehead atoms. The van der Waals surface area contributed by atoms with Gasteiger partial charge in [-0.05, 0) is 44.6 Å². The van der Waals surface area contributed by atoms with Crippen LogP contribution in [-0.4, -0.2) is 58.4 Å². The summed E-state index contributed by atoms with van der Waals surface area (Å²) in [6, 6.07) is 1.26. The van der Waals surface area contributed by atoms with Crippen LogP contribution >= 0.6 is 0 Å². The predicted octanol–water partition coefficient (Wildman–Crippen LogP) is 2.53. The van der Waals surface area contributed by atoms with Gasteiger partial charge < -0.3 is 15.5 Å². The molecule has 1 saturated carbocycles. The third-order valence-corrected chi connectivity index (χ3v) is 6.48. The molecule has 2 heterocycles. The summed E-state index contributed by atoms with van der Waals surface area (Å²) in [5.41, 5.74) is 0.738. The van der Waals surface area contributed by atoms with E-state index in [2.05, 4.69) is 22.5 Å². The van der Waals surface area contributed by atoms with Crippen molar-refractivity contribution in [2.75, 3.05) is 18.4 Å². The van der Waals surface area contributed by atoms with E-state index in [1.165, 1.54) is 38.6 Å². The van der Waals surface area contributed by atoms with Gasteiger partial charge >= 0.3 is 0 Å². The number of likely N-dealkylation sites (tertiary alicyclic amines) is 1. The monoisotopic (exact) mass is 427 g/mol. The Labute approximate surface area is 183 Å². The van der Waals surface area contributed by atoms with Crippen molar-refractivity contribution in [1.82, 2.24) is 15.2 Å². The fourth-order valence-corrected chi connectivity index (χ4v) is 4.63. The number of anilines is 1. The first-order chi connectivity index (χ1) is 14.9. The Morgan fingerprint density at radius 2 is 1.94 bits per heavy atom. The van der Waals surface area contributed by atoms with Crippen molar-refractivity contribution in [3.63, 3.8) is 0 Å². The molecule has 1 aliphatic carbocycles. The van der Waals surface area contributed by atoms with Crippen molar-refractivity contribution in [3.8, 4) is 0 Å². The molecule has 1 saturated heterocycles. The molecule has 0 radical (unpaired) electrons. The largest absolute Gasteiger partial charge is 0.374 e. The van der Waals surface area contributed by atoms with Gasteiger partial charge in [0.05, 0.1) is 18.4 Å².